The van der Waals surface area contributed by atoms with Gasteiger partial charge in [0.1, 0.15) is 16.2 Å². The Hall–Kier alpha value is -2.44. The number of nitrogens with zero attached hydrogens (tertiary/aromatic N) is 3. The highest BCUT2D eigenvalue weighted by Gasteiger charge is 2.24. The zero-order valence-electron chi connectivity index (χ0n) is 19.4. The lowest BCUT2D eigenvalue weighted by Crippen LogP contribution is -2.09. The minimum absolute atomic E-state index is 0.170. The smallest absolute Gasteiger partial charge is 0.174 e. The Morgan fingerprint density at radius 1 is 1.21 bits per heavy atom. The van der Waals surface area contributed by atoms with E-state index in [2.05, 4.69) is 59.6 Å². The number of ketones is 1. The predicted octanol–water partition coefficient (Wildman–Crippen LogP) is 6.45. The topological polar surface area (TPSA) is 47.8 Å². The Bertz CT molecular complexity index is 1310. The van der Waals surface area contributed by atoms with Crippen LogP contribution in [-0.2, 0) is 25.8 Å². The number of Topliss-reactive ketones (excluding diaryl/α,β-unsaturated/α-hetero) is 1. The summed E-state index contributed by atoms with van der Waals surface area (Å²) in [4.78, 5) is 24.9. The molecule has 0 N–H and O–H groups in total. The predicted molar refractivity (Wildman–Crippen MR) is 138 cm³/mol. The van der Waals surface area contributed by atoms with Crippen molar-refractivity contribution in [2.75, 3.05) is 5.75 Å². The summed E-state index contributed by atoms with van der Waals surface area (Å²) < 4.78 is 2.27. The van der Waals surface area contributed by atoms with Crippen molar-refractivity contribution in [1.82, 2.24) is 14.5 Å². The molecule has 6 heteroatoms. The van der Waals surface area contributed by atoms with E-state index >= 15 is 0 Å². The van der Waals surface area contributed by atoms with Crippen molar-refractivity contribution in [3.63, 3.8) is 0 Å². The third-order valence-corrected chi connectivity index (χ3v) is 8.89. The van der Waals surface area contributed by atoms with Crippen LogP contribution >= 0.6 is 23.1 Å². The number of rotatable bonds is 7. The van der Waals surface area contributed by atoms with Crippen molar-refractivity contribution in [3.05, 3.63) is 75.7 Å². The molecule has 5 rings (SSSR count). The fourth-order valence-electron chi connectivity index (χ4n) is 4.88. The molecule has 1 aliphatic rings. The van der Waals surface area contributed by atoms with Crippen LogP contribution in [0, 0.1) is 19.8 Å². The summed E-state index contributed by atoms with van der Waals surface area (Å²) in [6, 6.07) is 12.6. The van der Waals surface area contributed by atoms with Gasteiger partial charge in [0.2, 0.25) is 0 Å². The van der Waals surface area contributed by atoms with Gasteiger partial charge in [-0.3, -0.25) is 4.79 Å². The third kappa shape index (κ3) is 4.51. The van der Waals surface area contributed by atoms with E-state index in [1.165, 1.54) is 27.8 Å². The number of benzene rings is 1. The van der Waals surface area contributed by atoms with Gasteiger partial charge < -0.3 is 4.57 Å². The molecule has 0 spiro atoms. The molecule has 0 radical (unpaired) electrons. The van der Waals surface area contributed by atoms with E-state index in [4.69, 9.17) is 0 Å². The van der Waals surface area contributed by atoms with Crippen molar-refractivity contribution in [2.45, 2.75) is 58.0 Å². The average Bonchev–Trinajstić information content (AvgIpc) is 3.33. The van der Waals surface area contributed by atoms with E-state index in [0.29, 0.717) is 5.75 Å². The number of thioether (sulfide) groups is 1. The molecule has 0 saturated heterocycles. The van der Waals surface area contributed by atoms with Crippen molar-refractivity contribution < 1.29 is 4.79 Å². The number of hydrogen-bond acceptors (Lipinski definition) is 5. The van der Waals surface area contributed by atoms with Gasteiger partial charge >= 0.3 is 0 Å². The number of aromatic nitrogens is 3. The van der Waals surface area contributed by atoms with Gasteiger partial charge in [0, 0.05) is 33.8 Å². The summed E-state index contributed by atoms with van der Waals surface area (Å²) in [6.07, 6.45) is 6.05. The minimum Gasteiger partial charge on any atom is -0.348 e. The van der Waals surface area contributed by atoms with Crippen LogP contribution in [0.1, 0.15) is 51.1 Å². The molecule has 0 fully saturated rings. The molecule has 0 amide bonds. The van der Waals surface area contributed by atoms with Gasteiger partial charge in [-0.2, -0.15) is 0 Å². The van der Waals surface area contributed by atoms with Crippen LogP contribution < -0.4 is 0 Å². The number of hydrogen-bond donors (Lipinski definition) is 0. The zero-order valence-corrected chi connectivity index (χ0v) is 21.1. The second kappa shape index (κ2) is 9.43. The van der Waals surface area contributed by atoms with Crippen LogP contribution in [0.5, 0.6) is 0 Å². The summed E-state index contributed by atoms with van der Waals surface area (Å²) in [7, 11) is 0. The summed E-state index contributed by atoms with van der Waals surface area (Å²) in [5, 5.41) is 2.15. The van der Waals surface area contributed by atoms with Crippen molar-refractivity contribution >= 4 is 39.1 Å². The monoisotopic (exact) mass is 475 g/mol. The van der Waals surface area contributed by atoms with E-state index in [9.17, 15) is 4.79 Å². The Balaban J connectivity index is 1.32. The molecule has 3 aromatic heterocycles. The maximum atomic E-state index is 13.2. The van der Waals surface area contributed by atoms with E-state index in [1.807, 2.05) is 12.1 Å². The Morgan fingerprint density at radius 3 is 2.85 bits per heavy atom. The van der Waals surface area contributed by atoms with Crippen LogP contribution in [0.2, 0.25) is 0 Å². The molecule has 1 aromatic carbocycles. The molecule has 170 valence electrons. The Labute approximate surface area is 203 Å². The van der Waals surface area contributed by atoms with Crippen molar-refractivity contribution in [2.24, 2.45) is 5.92 Å². The standard InChI is InChI=1S/C27H29N3OS2/c1-17-9-10-21-24(13-17)33-27-25(21)26(28-16-29-27)32-15-23(31)22-14-18(2)30(19(22)3)12-11-20-7-5-4-6-8-20/h4-8,14,16-17H,9-13,15H2,1-3H3. The van der Waals surface area contributed by atoms with E-state index in [0.717, 1.165) is 58.5 Å². The van der Waals surface area contributed by atoms with Gasteiger partial charge in [0.05, 0.1) is 5.75 Å². The number of carbonyl (C=O) groups is 1. The lowest BCUT2D eigenvalue weighted by atomic mass is 9.89. The fraction of sp³-hybridized carbons (Fsp3) is 0.370. The highest BCUT2D eigenvalue weighted by molar-refractivity contribution is 8.00. The quantitative estimate of drug-likeness (QED) is 0.175. The molecule has 3 heterocycles. The van der Waals surface area contributed by atoms with Gasteiger partial charge in [-0.25, -0.2) is 9.97 Å². The van der Waals surface area contributed by atoms with Gasteiger partial charge in [-0.1, -0.05) is 49.0 Å². The first-order chi connectivity index (χ1) is 16.0. The summed E-state index contributed by atoms with van der Waals surface area (Å²) >= 11 is 3.37. The summed E-state index contributed by atoms with van der Waals surface area (Å²) in [5.74, 6) is 1.30. The molecule has 4 nitrogen and oxygen atoms in total. The molecule has 0 bridgehead atoms. The molecule has 1 aliphatic carbocycles. The largest absolute Gasteiger partial charge is 0.348 e. The number of aryl methyl sites for hydroxylation is 3. The molecule has 4 aromatic rings. The maximum Gasteiger partial charge on any atom is 0.174 e. The first-order valence-electron chi connectivity index (χ1n) is 11.6. The molecule has 1 unspecified atom stereocenters. The summed E-state index contributed by atoms with van der Waals surface area (Å²) in [6.45, 7) is 7.36. The number of carbonyl (C=O) groups excluding carboxylic acids is 1. The average molecular weight is 476 g/mol. The van der Waals surface area contributed by atoms with Gasteiger partial charge in [-0.05, 0) is 62.6 Å². The zero-order chi connectivity index (χ0) is 22.9. The summed E-state index contributed by atoms with van der Waals surface area (Å²) in [5.41, 5.74) is 5.77. The normalized spacial score (nSPS) is 15.7. The van der Waals surface area contributed by atoms with Crippen LogP contribution in [0.25, 0.3) is 10.2 Å². The van der Waals surface area contributed by atoms with Crippen LogP contribution in [-0.4, -0.2) is 26.1 Å². The number of thiophene rings is 1. The van der Waals surface area contributed by atoms with E-state index in [-0.39, 0.29) is 5.78 Å². The third-order valence-electron chi connectivity index (χ3n) is 6.74. The first-order valence-corrected chi connectivity index (χ1v) is 13.4. The SMILES string of the molecule is Cc1cc(C(=O)CSc2ncnc3sc4c(c23)CCC(C)C4)c(C)n1CCc1ccccc1. The molecule has 1 atom stereocenters. The molecular formula is C27H29N3OS2. The molecule has 0 saturated carbocycles. The van der Waals surface area contributed by atoms with Gasteiger partial charge in [-0.15, -0.1) is 11.3 Å². The second-order valence-corrected chi connectivity index (χ2v) is 11.1. The van der Waals surface area contributed by atoms with E-state index in [1.54, 1.807) is 29.4 Å². The van der Waals surface area contributed by atoms with E-state index < -0.39 is 0 Å². The maximum absolute atomic E-state index is 13.2. The number of fused-ring (bicyclic) bond motifs is 3. The molecular weight excluding hydrogens is 446 g/mol. The van der Waals surface area contributed by atoms with Crippen LogP contribution in [0.3, 0.4) is 0 Å². The van der Waals surface area contributed by atoms with Crippen molar-refractivity contribution in [3.8, 4) is 0 Å². The van der Waals surface area contributed by atoms with Crippen molar-refractivity contribution in [1.29, 1.82) is 0 Å². The molecule has 0 aliphatic heterocycles. The Kier molecular flexibility index (Phi) is 6.39. The minimum atomic E-state index is 0.170. The highest BCUT2D eigenvalue weighted by atomic mass is 32.2. The lowest BCUT2D eigenvalue weighted by molar-refractivity contribution is 0.102. The van der Waals surface area contributed by atoms with Crippen LogP contribution in [0.4, 0.5) is 0 Å². The van der Waals surface area contributed by atoms with Crippen LogP contribution in [0.15, 0.2) is 47.8 Å². The fourth-order valence-corrected chi connectivity index (χ4v) is 7.20. The molecule has 33 heavy (non-hydrogen) atoms. The van der Waals surface area contributed by atoms with Gasteiger partial charge in [0.15, 0.2) is 5.78 Å². The first kappa shape index (κ1) is 22.4. The second-order valence-electron chi connectivity index (χ2n) is 9.09. The lowest BCUT2D eigenvalue weighted by Gasteiger charge is -2.18. The highest BCUT2D eigenvalue weighted by Crippen LogP contribution is 2.40. The van der Waals surface area contributed by atoms with Gasteiger partial charge in [0.25, 0.3) is 0 Å². The Morgan fingerprint density at radius 2 is 2.03 bits per heavy atom.